The molecule has 132 valence electrons. The molecular formula is C15H17ClF3N3O2. The molecule has 1 fully saturated rings. The second-order valence-electron chi connectivity index (χ2n) is 5.51. The minimum atomic E-state index is -4.61. The van der Waals surface area contributed by atoms with Gasteiger partial charge in [-0.05, 0) is 31.0 Å². The fourth-order valence-corrected chi connectivity index (χ4v) is 2.34. The number of nitrogens with zero attached hydrogens (tertiary/aromatic N) is 1. The van der Waals surface area contributed by atoms with Crippen LogP contribution in [0.5, 0.6) is 0 Å². The fourth-order valence-electron chi connectivity index (χ4n) is 2.11. The Morgan fingerprint density at radius 2 is 2.00 bits per heavy atom. The SMILES string of the molecule is CC(=O)N(CCNC(=O)NC1CC1)c1ccc(Cl)c(C(F)(F)F)c1. The van der Waals surface area contributed by atoms with Crippen LogP contribution in [0.2, 0.25) is 5.02 Å². The van der Waals surface area contributed by atoms with Gasteiger partial charge in [0, 0.05) is 31.7 Å². The second kappa shape index (κ2) is 7.29. The number of carbonyl (C=O) groups excluding carboxylic acids is 2. The number of nitrogens with one attached hydrogen (secondary N) is 2. The van der Waals surface area contributed by atoms with Gasteiger partial charge in [-0.2, -0.15) is 13.2 Å². The van der Waals surface area contributed by atoms with Gasteiger partial charge in [0.2, 0.25) is 5.91 Å². The van der Waals surface area contributed by atoms with Crippen molar-refractivity contribution in [2.75, 3.05) is 18.0 Å². The molecule has 1 aliphatic rings. The van der Waals surface area contributed by atoms with E-state index in [9.17, 15) is 22.8 Å². The summed E-state index contributed by atoms with van der Waals surface area (Å²) < 4.78 is 38.8. The zero-order chi connectivity index (χ0) is 17.9. The molecule has 1 aromatic carbocycles. The summed E-state index contributed by atoms with van der Waals surface area (Å²) in [6, 6.07) is 3.10. The molecule has 0 radical (unpaired) electrons. The van der Waals surface area contributed by atoms with Crippen molar-refractivity contribution in [3.05, 3.63) is 28.8 Å². The highest BCUT2D eigenvalue weighted by Crippen LogP contribution is 2.36. The van der Waals surface area contributed by atoms with Crippen LogP contribution in [-0.2, 0) is 11.0 Å². The van der Waals surface area contributed by atoms with Crippen LogP contribution in [0.25, 0.3) is 0 Å². The predicted octanol–water partition coefficient (Wildman–Crippen LogP) is 3.17. The average molecular weight is 364 g/mol. The first-order chi connectivity index (χ1) is 11.2. The van der Waals surface area contributed by atoms with E-state index in [0.717, 1.165) is 29.9 Å². The van der Waals surface area contributed by atoms with Crippen LogP contribution in [0, 0.1) is 0 Å². The molecule has 24 heavy (non-hydrogen) atoms. The van der Waals surface area contributed by atoms with Crippen LogP contribution >= 0.6 is 11.6 Å². The predicted molar refractivity (Wildman–Crippen MR) is 84.0 cm³/mol. The van der Waals surface area contributed by atoms with Gasteiger partial charge in [0.15, 0.2) is 0 Å². The lowest BCUT2D eigenvalue weighted by Crippen LogP contribution is -2.42. The monoisotopic (exact) mass is 363 g/mol. The molecule has 5 nitrogen and oxygen atoms in total. The van der Waals surface area contributed by atoms with Gasteiger partial charge in [-0.3, -0.25) is 4.79 Å². The van der Waals surface area contributed by atoms with Gasteiger partial charge in [0.05, 0.1) is 10.6 Å². The average Bonchev–Trinajstić information content (AvgIpc) is 3.27. The Hall–Kier alpha value is -1.96. The molecule has 0 unspecified atom stereocenters. The van der Waals surface area contributed by atoms with Gasteiger partial charge in [-0.15, -0.1) is 0 Å². The maximum atomic E-state index is 12.9. The second-order valence-corrected chi connectivity index (χ2v) is 5.91. The quantitative estimate of drug-likeness (QED) is 0.844. The molecule has 1 aliphatic carbocycles. The molecule has 1 aromatic rings. The Morgan fingerprint density at radius 1 is 1.33 bits per heavy atom. The highest BCUT2D eigenvalue weighted by atomic mass is 35.5. The highest BCUT2D eigenvalue weighted by Gasteiger charge is 2.34. The molecular weight excluding hydrogens is 347 g/mol. The lowest BCUT2D eigenvalue weighted by molar-refractivity contribution is -0.137. The van der Waals surface area contributed by atoms with Crippen molar-refractivity contribution in [3.8, 4) is 0 Å². The number of carbonyl (C=O) groups is 2. The summed E-state index contributed by atoms with van der Waals surface area (Å²) in [5.41, 5.74) is -0.934. The van der Waals surface area contributed by atoms with Crippen molar-refractivity contribution in [2.45, 2.75) is 32.0 Å². The summed E-state index contributed by atoms with van der Waals surface area (Å²) >= 11 is 5.58. The fraction of sp³-hybridized carbons (Fsp3) is 0.467. The van der Waals surface area contributed by atoms with Crippen molar-refractivity contribution in [2.24, 2.45) is 0 Å². The number of urea groups is 1. The number of hydrogen-bond acceptors (Lipinski definition) is 2. The van der Waals surface area contributed by atoms with E-state index >= 15 is 0 Å². The summed E-state index contributed by atoms with van der Waals surface area (Å²) in [6.07, 6.45) is -2.73. The van der Waals surface area contributed by atoms with Gasteiger partial charge in [-0.1, -0.05) is 11.6 Å². The smallest absolute Gasteiger partial charge is 0.336 e. The summed E-state index contributed by atoms with van der Waals surface area (Å²) in [6.45, 7) is 1.40. The van der Waals surface area contributed by atoms with Crippen LogP contribution in [0.4, 0.5) is 23.7 Å². The summed E-state index contributed by atoms with van der Waals surface area (Å²) in [7, 11) is 0. The van der Waals surface area contributed by atoms with Gasteiger partial charge < -0.3 is 15.5 Å². The lowest BCUT2D eigenvalue weighted by atomic mass is 10.1. The Morgan fingerprint density at radius 3 is 2.54 bits per heavy atom. The molecule has 2 N–H and O–H groups in total. The third-order valence-electron chi connectivity index (χ3n) is 3.48. The van der Waals surface area contributed by atoms with Crippen LogP contribution < -0.4 is 15.5 Å². The van der Waals surface area contributed by atoms with Crippen molar-refractivity contribution in [1.82, 2.24) is 10.6 Å². The lowest BCUT2D eigenvalue weighted by Gasteiger charge is -2.23. The van der Waals surface area contributed by atoms with Crippen LogP contribution in [0.15, 0.2) is 18.2 Å². The van der Waals surface area contributed by atoms with E-state index in [-0.39, 0.29) is 30.8 Å². The van der Waals surface area contributed by atoms with Crippen LogP contribution in [0.3, 0.4) is 0 Å². The Labute approximate surface area is 142 Å². The summed E-state index contributed by atoms with van der Waals surface area (Å²) in [5.74, 6) is -0.435. The Kier molecular flexibility index (Phi) is 5.58. The molecule has 0 aromatic heterocycles. The molecule has 2 rings (SSSR count). The molecule has 0 bridgehead atoms. The maximum Gasteiger partial charge on any atom is 0.417 e. The number of anilines is 1. The van der Waals surface area contributed by atoms with E-state index in [2.05, 4.69) is 10.6 Å². The van der Waals surface area contributed by atoms with Crippen molar-refractivity contribution in [1.29, 1.82) is 0 Å². The Bertz CT molecular complexity index is 633. The molecule has 0 heterocycles. The summed E-state index contributed by atoms with van der Waals surface area (Å²) in [4.78, 5) is 24.4. The minimum Gasteiger partial charge on any atom is -0.336 e. The zero-order valence-electron chi connectivity index (χ0n) is 12.9. The van der Waals surface area contributed by atoms with Crippen LogP contribution in [0.1, 0.15) is 25.3 Å². The number of hydrogen-bond donors (Lipinski definition) is 2. The molecule has 0 atom stereocenters. The van der Waals surface area contributed by atoms with E-state index in [0.29, 0.717) is 0 Å². The van der Waals surface area contributed by atoms with E-state index in [1.807, 2.05) is 0 Å². The topological polar surface area (TPSA) is 61.4 Å². The van der Waals surface area contributed by atoms with Gasteiger partial charge in [0.25, 0.3) is 0 Å². The number of rotatable bonds is 5. The number of benzene rings is 1. The van der Waals surface area contributed by atoms with Crippen molar-refractivity contribution < 1.29 is 22.8 Å². The summed E-state index contributed by atoms with van der Waals surface area (Å²) in [5, 5.41) is 4.85. The molecule has 9 heteroatoms. The number of halogens is 4. The first kappa shape index (κ1) is 18.4. The maximum absolute atomic E-state index is 12.9. The molecule has 0 saturated heterocycles. The zero-order valence-corrected chi connectivity index (χ0v) is 13.7. The largest absolute Gasteiger partial charge is 0.417 e. The molecule has 0 spiro atoms. The number of alkyl halides is 3. The first-order valence-electron chi connectivity index (χ1n) is 7.37. The van der Waals surface area contributed by atoms with E-state index in [4.69, 9.17) is 11.6 Å². The van der Waals surface area contributed by atoms with Crippen LogP contribution in [-0.4, -0.2) is 31.1 Å². The third-order valence-corrected chi connectivity index (χ3v) is 3.81. The molecule has 1 saturated carbocycles. The highest BCUT2D eigenvalue weighted by molar-refractivity contribution is 6.31. The standard InChI is InChI=1S/C15H17ClF3N3O2/c1-9(23)22(7-6-20-14(24)21-10-2-3-10)11-4-5-13(16)12(8-11)15(17,18)19/h4-5,8,10H,2-3,6-7H2,1H3,(H2,20,21,24). The van der Waals surface area contributed by atoms with E-state index < -0.39 is 22.7 Å². The third kappa shape index (κ3) is 5.02. The van der Waals surface area contributed by atoms with Crippen molar-refractivity contribution in [3.63, 3.8) is 0 Å². The van der Waals surface area contributed by atoms with Gasteiger partial charge in [0.1, 0.15) is 0 Å². The van der Waals surface area contributed by atoms with E-state index in [1.165, 1.54) is 13.0 Å². The molecule has 0 aliphatic heterocycles. The normalized spacial score (nSPS) is 14.2. The van der Waals surface area contributed by atoms with E-state index in [1.54, 1.807) is 0 Å². The van der Waals surface area contributed by atoms with Gasteiger partial charge in [-0.25, -0.2) is 4.79 Å². The minimum absolute atomic E-state index is 0.0480. The number of amides is 3. The first-order valence-corrected chi connectivity index (χ1v) is 7.75. The Balaban J connectivity index is 2.04. The van der Waals surface area contributed by atoms with Crippen molar-refractivity contribution >= 4 is 29.2 Å². The van der Waals surface area contributed by atoms with Gasteiger partial charge >= 0.3 is 12.2 Å². The molecule has 3 amide bonds.